The highest BCUT2D eigenvalue weighted by Crippen LogP contribution is 2.14. The van der Waals surface area contributed by atoms with Gasteiger partial charge in [-0.1, -0.05) is 12.1 Å². The second-order valence-corrected chi connectivity index (χ2v) is 4.18. The van der Waals surface area contributed by atoms with Crippen LogP contribution in [-0.2, 0) is 4.79 Å². The number of carbonyl (C=O) groups is 1. The Hall–Kier alpha value is -2.30. The first-order chi connectivity index (χ1) is 8.40. The maximum absolute atomic E-state index is 11.5. The summed E-state index contributed by atoms with van der Waals surface area (Å²) in [7, 11) is 3.94. The standard InChI is InChI=1S/C13H18N4O/c1-9(12(18)16-13(14)15)8-10-4-6-11(7-5-10)17(2)3/h4-8H,1-3H3,(H4,14,15,16,18)/b9-8+. The van der Waals surface area contributed by atoms with Crippen molar-refractivity contribution in [1.82, 2.24) is 5.32 Å². The number of nitrogens with two attached hydrogens (primary N) is 1. The lowest BCUT2D eigenvalue weighted by atomic mass is 10.1. The third kappa shape index (κ3) is 3.93. The van der Waals surface area contributed by atoms with Gasteiger partial charge in [-0.3, -0.25) is 15.5 Å². The average molecular weight is 246 g/mol. The molecule has 1 aromatic carbocycles. The molecule has 1 amide bonds. The van der Waals surface area contributed by atoms with Gasteiger partial charge in [0.15, 0.2) is 5.96 Å². The van der Waals surface area contributed by atoms with E-state index in [1.165, 1.54) is 0 Å². The van der Waals surface area contributed by atoms with Gasteiger partial charge in [0.2, 0.25) is 0 Å². The number of guanidine groups is 1. The number of amides is 1. The topological polar surface area (TPSA) is 82.2 Å². The molecular weight excluding hydrogens is 228 g/mol. The quantitative estimate of drug-likeness (QED) is 0.425. The van der Waals surface area contributed by atoms with Gasteiger partial charge in [0.05, 0.1) is 0 Å². The van der Waals surface area contributed by atoms with Crippen LogP contribution in [0.4, 0.5) is 5.69 Å². The number of nitrogens with zero attached hydrogens (tertiary/aromatic N) is 1. The zero-order valence-corrected chi connectivity index (χ0v) is 10.8. The van der Waals surface area contributed by atoms with E-state index < -0.39 is 0 Å². The van der Waals surface area contributed by atoms with Crippen molar-refractivity contribution in [2.45, 2.75) is 6.92 Å². The first-order valence-electron chi connectivity index (χ1n) is 5.51. The van der Waals surface area contributed by atoms with Crippen molar-refractivity contribution in [1.29, 1.82) is 5.41 Å². The van der Waals surface area contributed by atoms with Crippen LogP contribution in [0.15, 0.2) is 29.8 Å². The number of benzene rings is 1. The normalized spacial score (nSPS) is 10.9. The summed E-state index contributed by atoms with van der Waals surface area (Å²) in [6, 6.07) is 7.81. The maximum atomic E-state index is 11.5. The largest absolute Gasteiger partial charge is 0.378 e. The van der Waals surface area contributed by atoms with Crippen LogP contribution in [0.3, 0.4) is 0 Å². The average Bonchev–Trinajstić information content (AvgIpc) is 2.28. The Morgan fingerprint density at radius 2 is 1.89 bits per heavy atom. The number of carbonyl (C=O) groups excluding carboxylic acids is 1. The molecule has 0 aliphatic rings. The molecule has 0 spiro atoms. The summed E-state index contributed by atoms with van der Waals surface area (Å²) in [4.78, 5) is 13.5. The van der Waals surface area contributed by atoms with Gasteiger partial charge in [0.25, 0.3) is 5.91 Å². The molecule has 96 valence electrons. The fraction of sp³-hybridized carbons (Fsp3) is 0.231. The van der Waals surface area contributed by atoms with Gasteiger partial charge in [-0.15, -0.1) is 0 Å². The Labute approximate surface area is 107 Å². The van der Waals surface area contributed by atoms with E-state index in [0.717, 1.165) is 11.3 Å². The molecule has 1 aromatic rings. The minimum atomic E-state index is -0.362. The summed E-state index contributed by atoms with van der Waals surface area (Å²) in [6.07, 6.45) is 1.75. The Kier molecular flexibility index (Phi) is 4.48. The van der Waals surface area contributed by atoms with Gasteiger partial charge in [-0.05, 0) is 30.7 Å². The second kappa shape index (κ2) is 5.86. The number of hydrogen-bond donors (Lipinski definition) is 3. The Morgan fingerprint density at radius 1 is 1.33 bits per heavy atom. The Balaban J connectivity index is 2.82. The molecule has 0 aliphatic heterocycles. The molecule has 5 nitrogen and oxygen atoms in total. The number of anilines is 1. The van der Waals surface area contributed by atoms with E-state index in [4.69, 9.17) is 11.1 Å². The Morgan fingerprint density at radius 3 is 2.33 bits per heavy atom. The minimum absolute atomic E-state index is 0.351. The summed E-state index contributed by atoms with van der Waals surface area (Å²) in [6.45, 7) is 1.68. The lowest BCUT2D eigenvalue weighted by Crippen LogP contribution is -2.36. The molecule has 1 rings (SSSR count). The summed E-state index contributed by atoms with van der Waals surface area (Å²) < 4.78 is 0. The van der Waals surface area contributed by atoms with Crippen molar-refractivity contribution in [2.24, 2.45) is 5.73 Å². The lowest BCUT2D eigenvalue weighted by molar-refractivity contribution is -0.116. The van der Waals surface area contributed by atoms with Crippen LogP contribution in [-0.4, -0.2) is 26.0 Å². The predicted molar refractivity (Wildman–Crippen MR) is 74.5 cm³/mol. The minimum Gasteiger partial charge on any atom is -0.378 e. The molecule has 0 saturated heterocycles. The van der Waals surface area contributed by atoms with Crippen LogP contribution in [0.1, 0.15) is 12.5 Å². The Bertz CT molecular complexity index is 474. The van der Waals surface area contributed by atoms with E-state index >= 15 is 0 Å². The predicted octanol–water partition coefficient (Wildman–Crippen LogP) is 1.17. The highest BCUT2D eigenvalue weighted by atomic mass is 16.1. The third-order valence-electron chi connectivity index (χ3n) is 2.40. The fourth-order valence-corrected chi connectivity index (χ4v) is 1.41. The highest BCUT2D eigenvalue weighted by molar-refractivity contribution is 6.06. The monoisotopic (exact) mass is 246 g/mol. The summed E-state index contributed by atoms with van der Waals surface area (Å²) in [5.74, 6) is -0.713. The second-order valence-electron chi connectivity index (χ2n) is 4.18. The summed E-state index contributed by atoms with van der Waals surface area (Å²) in [5.41, 5.74) is 7.62. The zero-order valence-electron chi connectivity index (χ0n) is 10.8. The molecule has 4 N–H and O–H groups in total. The lowest BCUT2D eigenvalue weighted by Gasteiger charge is -2.12. The molecule has 0 atom stereocenters. The van der Waals surface area contributed by atoms with Crippen LogP contribution in [0, 0.1) is 5.41 Å². The van der Waals surface area contributed by atoms with E-state index in [1.54, 1.807) is 13.0 Å². The van der Waals surface area contributed by atoms with Gasteiger partial charge >= 0.3 is 0 Å². The van der Waals surface area contributed by atoms with Gasteiger partial charge in [-0.25, -0.2) is 0 Å². The van der Waals surface area contributed by atoms with Crippen LogP contribution < -0.4 is 16.0 Å². The zero-order chi connectivity index (χ0) is 13.7. The van der Waals surface area contributed by atoms with Crippen molar-refractivity contribution in [3.8, 4) is 0 Å². The number of nitrogens with one attached hydrogen (secondary N) is 2. The van der Waals surface area contributed by atoms with Crippen LogP contribution in [0.5, 0.6) is 0 Å². The molecule has 0 saturated carbocycles. The van der Waals surface area contributed by atoms with E-state index in [9.17, 15) is 4.79 Å². The maximum Gasteiger partial charge on any atom is 0.253 e. The molecule has 18 heavy (non-hydrogen) atoms. The smallest absolute Gasteiger partial charge is 0.253 e. The summed E-state index contributed by atoms with van der Waals surface area (Å²) in [5, 5.41) is 9.22. The van der Waals surface area contributed by atoms with Crippen molar-refractivity contribution in [3.05, 3.63) is 35.4 Å². The van der Waals surface area contributed by atoms with Crippen molar-refractivity contribution in [3.63, 3.8) is 0 Å². The number of hydrogen-bond acceptors (Lipinski definition) is 3. The van der Waals surface area contributed by atoms with Gasteiger partial charge in [0, 0.05) is 25.4 Å². The molecule has 0 radical (unpaired) electrons. The van der Waals surface area contributed by atoms with E-state index in [0.29, 0.717) is 5.57 Å². The van der Waals surface area contributed by atoms with Crippen molar-refractivity contribution >= 4 is 23.6 Å². The molecule has 0 aromatic heterocycles. The van der Waals surface area contributed by atoms with Crippen LogP contribution >= 0.6 is 0 Å². The molecule has 0 heterocycles. The fourth-order valence-electron chi connectivity index (χ4n) is 1.41. The molecular formula is C13H18N4O. The summed E-state index contributed by atoms with van der Waals surface area (Å²) >= 11 is 0. The van der Waals surface area contributed by atoms with E-state index in [-0.39, 0.29) is 11.9 Å². The van der Waals surface area contributed by atoms with Crippen molar-refractivity contribution in [2.75, 3.05) is 19.0 Å². The molecule has 0 aliphatic carbocycles. The van der Waals surface area contributed by atoms with Crippen molar-refractivity contribution < 1.29 is 4.79 Å². The highest BCUT2D eigenvalue weighted by Gasteiger charge is 2.04. The molecule has 5 heteroatoms. The number of rotatable bonds is 3. The molecule has 0 bridgehead atoms. The first-order valence-corrected chi connectivity index (χ1v) is 5.51. The first kappa shape index (κ1) is 13.8. The molecule has 0 unspecified atom stereocenters. The van der Waals surface area contributed by atoms with E-state index in [2.05, 4.69) is 5.32 Å². The third-order valence-corrected chi connectivity index (χ3v) is 2.40. The molecule has 0 fully saturated rings. The van der Waals surface area contributed by atoms with Gasteiger partial charge in [-0.2, -0.15) is 0 Å². The van der Waals surface area contributed by atoms with Crippen LogP contribution in [0.2, 0.25) is 0 Å². The SMILES string of the molecule is C/C(=C\c1ccc(N(C)C)cc1)C(=O)NC(=N)N. The van der Waals surface area contributed by atoms with Gasteiger partial charge < -0.3 is 10.6 Å². The van der Waals surface area contributed by atoms with Crippen LogP contribution in [0.25, 0.3) is 6.08 Å². The van der Waals surface area contributed by atoms with E-state index in [1.807, 2.05) is 43.3 Å². The van der Waals surface area contributed by atoms with Gasteiger partial charge in [0.1, 0.15) is 0 Å².